The van der Waals surface area contributed by atoms with Crippen LogP contribution in [0.25, 0.3) is 0 Å². The molecular weight excluding hydrogens is 558 g/mol. The van der Waals surface area contributed by atoms with Crippen LogP contribution >= 0.6 is 0 Å². The molecule has 0 aliphatic rings. The molecule has 42 heavy (non-hydrogen) atoms. The highest BCUT2D eigenvalue weighted by Crippen LogP contribution is 2.24. The predicted molar refractivity (Wildman–Crippen MR) is 155 cm³/mol. The lowest BCUT2D eigenvalue weighted by Gasteiger charge is -2.34. The van der Waals surface area contributed by atoms with E-state index in [-0.39, 0.29) is 98.9 Å². The van der Waals surface area contributed by atoms with Crippen LogP contribution in [0.15, 0.2) is 0 Å². The van der Waals surface area contributed by atoms with Gasteiger partial charge in [-0.15, -0.1) is 0 Å². The molecule has 0 amide bonds. The predicted octanol–water partition coefficient (Wildman–Crippen LogP) is -4.62. The van der Waals surface area contributed by atoms with Crippen LogP contribution in [0.5, 0.6) is 0 Å². The highest BCUT2D eigenvalue weighted by molar-refractivity contribution is 4.79. The standard InChI is InChI=1S/C27H59N3O12/c1-2-27(21-40-18-24(37)15-28(3-9-31)4-10-32,22-41-19-25(38)16-29(5-11-33)6-12-34)23-42-20-26(39)17-30(7-13-35)8-14-36/h24-26,31-39H,2-23H2,1H3. The zero-order valence-corrected chi connectivity index (χ0v) is 25.4. The SMILES string of the molecule is CCC(COCC(O)CN(CCO)CCO)(COCC(O)CN(CCO)CCO)COCC(O)CN(CCO)CCO. The molecule has 15 heteroatoms. The molecule has 0 radical (unpaired) electrons. The first kappa shape index (κ1) is 41.4. The number of aliphatic hydroxyl groups excluding tert-OH is 9. The van der Waals surface area contributed by atoms with Crippen LogP contribution in [0.2, 0.25) is 0 Å². The zero-order chi connectivity index (χ0) is 31.6. The van der Waals surface area contributed by atoms with E-state index in [1.807, 2.05) is 6.92 Å². The lowest BCUT2D eigenvalue weighted by molar-refractivity contribution is -0.104. The topological polar surface area (TPSA) is 219 Å². The molecule has 0 aromatic rings. The summed E-state index contributed by atoms with van der Waals surface area (Å²) < 4.78 is 17.6. The van der Waals surface area contributed by atoms with E-state index in [1.54, 1.807) is 14.7 Å². The first-order chi connectivity index (χ1) is 20.2. The molecule has 0 aliphatic carbocycles. The first-order valence-corrected chi connectivity index (χ1v) is 14.8. The van der Waals surface area contributed by atoms with Crippen LogP contribution in [0, 0.1) is 5.41 Å². The van der Waals surface area contributed by atoms with Gasteiger partial charge >= 0.3 is 0 Å². The molecule has 0 bridgehead atoms. The Bertz CT molecular complexity index is 506. The van der Waals surface area contributed by atoms with Gasteiger partial charge in [0.25, 0.3) is 0 Å². The van der Waals surface area contributed by atoms with Crippen molar-refractivity contribution in [2.45, 2.75) is 31.7 Å². The second-order valence-electron chi connectivity index (χ2n) is 10.6. The van der Waals surface area contributed by atoms with Crippen LogP contribution < -0.4 is 0 Å². The summed E-state index contributed by atoms with van der Waals surface area (Å²) in [6, 6.07) is 0. The van der Waals surface area contributed by atoms with Crippen molar-refractivity contribution in [1.82, 2.24) is 14.7 Å². The van der Waals surface area contributed by atoms with Gasteiger partial charge in [0, 0.05) is 64.3 Å². The van der Waals surface area contributed by atoms with E-state index >= 15 is 0 Å². The fourth-order valence-corrected chi connectivity index (χ4v) is 4.45. The second-order valence-corrected chi connectivity index (χ2v) is 10.6. The summed E-state index contributed by atoms with van der Waals surface area (Å²) in [7, 11) is 0. The van der Waals surface area contributed by atoms with Gasteiger partial charge in [-0.25, -0.2) is 0 Å². The summed E-state index contributed by atoms with van der Waals surface area (Å²) in [5.74, 6) is 0. The third-order valence-corrected chi connectivity index (χ3v) is 6.81. The molecule has 15 nitrogen and oxygen atoms in total. The Labute approximate surface area is 250 Å². The summed E-state index contributed by atoms with van der Waals surface area (Å²) in [5, 5.41) is 86.5. The maximum absolute atomic E-state index is 10.4. The van der Waals surface area contributed by atoms with Crippen LogP contribution in [0.1, 0.15) is 13.3 Å². The minimum absolute atomic E-state index is 0.00504. The molecule has 0 saturated carbocycles. The van der Waals surface area contributed by atoms with Crippen LogP contribution in [0.3, 0.4) is 0 Å². The Balaban J connectivity index is 5.16. The molecule has 0 rings (SSSR count). The smallest absolute Gasteiger partial charge is 0.0900 e. The minimum atomic E-state index is -0.865. The Kier molecular flexibility index (Phi) is 26.4. The monoisotopic (exact) mass is 617 g/mol. The van der Waals surface area contributed by atoms with Crippen molar-refractivity contribution in [1.29, 1.82) is 0 Å². The maximum atomic E-state index is 10.4. The van der Waals surface area contributed by atoms with Crippen molar-refractivity contribution in [3.63, 3.8) is 0 Å². The van der Waals surface area contributed by atoms with Gasteiger partial charge in [0.15, 0.2) is 0 Å². The van der Waals surface area contributed by atoms with Crippen molar-refractivity contribution in [2.24, 2.45) is 5.41 Å². The molecule has 0 spiro atoms. The number of hydrogen-bond donors (Lipinski definition) is 9. The summed E-state index contributed by atoms with van der Waals surface area (Å²) in [6.07, 6.45) is -2.04. The minimum Gasteiger partial charge on any atom is -0.395 e. The van der Waals surface area contributed by atoms with Gasteiger partial charge in [-0.05, 0) is 6.42 Å². The van der Waals surface area contributed by atoms with E-state index in [2.05, 4.69) is 0 Å². The van der Waals surface area contributed by atoms with Crippen molar-refractivity contribution in [3.05, 3.63) is 0 Å². The number of nitrogens with zero attached hydrogens (tertiary/aromatic N) is 3. The third-order valence-electron chi connectivity index (χ3n) is 6.81. The molecule has 0 aromatic carbocycles. The van der Waals surface area contributed by atoms with Crippen LogP contribution in [-0.2, 0) is 14.2 Å². The van der Waals surface area contributed by atoms with E-state index in [4.69, 9.17) is 14.2 Å². The Morgan fingerprint density at radius 2 is 0.714 bits per heavy atom. The van der Waals surface area contributed by atoms with E-state index < -0.39 is 23.7 Å². The van der Waals surface area contributed by atoms with Crippen LogP contribution in [-0.4, -0.2) is 217 Å². The number of aliphatic hydroxyl groups is 9. The van der Waals surface area contributed by atoms with Gasteiger partial charge in [-0.1, -0.05) is 6.92 Å². The quantitative estimate of drug-likeness (QED) is 0.0357. The molecule has 3 atom stereocenters. The maximum Gasteiger partial charge on any atom is 0.0900 e. The molecule has 3 unspecified atom stereocenters. The Hall–Kier alpha value is -0.600. The van der Waals surface area contributed by atoms with Crippen molar-refractivity contribution in [2.75, 3.05) is 138 Å². The average Bonchev–Trinajstić information content (AvgIpc) is 2.93. The zero-order valence-electron chi connectivity index (χ0n) is 25.4. The molecule has 0 heterocycles. The summed E-state index contributed by atoms with van der Waals surface area (Å²) in [4.78, 5) is 5.18. The van der Waals surface area contributed by atoms with E-state index in [0.717, 1.165) is 0 Å². The number of hydrogen-bond acceptors (Lipinski definition) is 15. The van der Waals surface area contributed by atoms with Crippen LogP contribution in [0.4, 0.5) is 0 Å². The van der Waals surface area contributed by atoms with E-state index in [9.17, 15) is 46.0 Å². The van der Waals surface area contributed by atoms with E-state index in [1.165, 1.54) is 0 Å². The van der Waals surface area contributed by atoms with Gasteiger partial charge in [0.1, 0.15) is 0 Å². The highest BCUT2D eigenvalue weighted by atomic mass is 16.5. The fraction of sp³-hybridized carbons (Fsp3) is 1.00. The summed E-state index contributed by atoms with van der Waals surface area (Å²) in [6.45, 7) is 4.23. The van der Waals surface area contributed by atoms with Gasteiger partial charge < -0.3 is 60.2 Å². The molecule has 0 fully saturated rings. The Morgan fingerprint density at radius 1 is 0.476 bits per heavy atom. The molecule has 0 aromatic heterocycles. The lowest BCUT2D eigenvalue weighted by atomic mass is 9.88. The summed E-state index contributed by atoms with van der Waals surface area (Å²) >= 11 is 0. The van der Waals surface area contributed by atoms with Gasteiger partial charge in [0.2, 0.25) is 0 Å². The largest absolute Gasteiger partial charge is 0.395 e. The van der Waals surface area contributed by atoms with Crippen molar-refractivity contribution in [3.8, 4) is 0 Å². The highest BCUT2D eigenvalue weighted by Gasteiger charge is 2.31. The number of ether oxygens (including phenoxy) is 3. The van der Waals surface area contributed by atoms with Gasteiger partial charge in [-0.2, -0.15) is 0 Å². The molecule has 9 N–H and O–H groups in total. The van der Waals surface area contributed by atoms with Gasteiger partial charge in [0.05, 0.1) is 97.6 Å². The van der Waals surface area contributed by atoms with Crippen molar-refractivity contribution < 1.29 is 60.2 Å². The first-order valence-electron chi connectivity index (χ1n) is 14.8. The van der Waals surface area contributed by atoms with E-state index in [0.29, 0.717) is 45.7 Å². The molecule has 254 valence electrons. The second kappa shape index (κ2) is 26.8. The molecule has 0 saturated heterocycles. The van der Waals surface area contributed by atoms with Gasteiger partial charge in [-0.3, -0.25) is 14.7 Å². The third kappa shape index (κ3) is 20.4. The summed E-state index contributed by atoms with van der Waals surface area (Å²) in [5.41, 5.74) is -0.680. The number of rotatable bonds is 31. The van der Waals surface area contributed by atoms with Crippen molar-refractivity contribution >= 4 is 0 Å². The fourth-order valence-electron chi connectivity index (χ4n) is 4.45. The Morgan fingerprint density at radius 3 is 0.905 bits per heavy atom. The average molecular weight is 618 g/mol. The lowest BCUT2D eigenvalue weighted by Crippen LogP contribution is -2.43. The molecule has 0 aliphatic heterocycles. The molecular formula is C27H59N3O12. The normalized spacial score (nSPS) is 15.9.